The Morgan fingerprint density at radius 3 is 2.81 bits per heavy atom. The van der Waals surface area contributed by atoms with Crippen LogP contribution in [0.1, 0.15) is 58.9 Å². The molecule has 7 heteroatoms. The van der Waals surface area contributed by atoms with Crippen LogP contribution in [-0.2, 0) is 0 Å². The average Bonchev–Trinajstić information content (AvgIpc) is 3.44. The Hall–Kier alpha value is -3.40. The van der Waals surface area contributed by atoms with Gasteiger partial charge in [-0.15, -0.1) is 0 Å². The van der Waals surface area contributed by atoms with E-state index in [9.17, 15) is 10.1 Å². The van der Waals surface area contributed by atoms with Crippen molar-refractivity contribution in [3.8, 4) is 6.07 Å². The Morgan fingerprint density at radius 2 is 2.03 bits per heavy atom. The molecule has 1 aromatic carbocycles. The summed E-state index contributed by atoms with van der Waals surface area (Å²) in [5.41, 5.74) is 4.55. The number of anilines is 1. The van der Waals surface area contributed by atoms with E-state index in [0.29, 0.717) is 0 Å². The van der Waals surface area contributed by atoms with Crippen molar-refractivity contribution in [2.24, 2.45) is 5.92 Å². The molecule has 2 aliphatic rings. The summed E-state index contributed by atoms with van der Waals surface area (Å²) >= 11 is 0. The molecule has 0 bridgehead atoms. The van der Waals surface area contributed by atoms with Crippen LogP contribution in [0.4, 0.5) is 5.82 Å². The Bertz CT molecular complexity index is 1210. The van der Waals surface area contributed by atoms with Gasteiger partial charge in [0, 0.05) is 43.0 Å². The molecule has 5 rings (SSSR count). The van der Waals surface area contributed by atoms with E-state index in [1.54, 1.807) is 0 Å². The standard InChI is InChI=1S/C25H28N6O/c1-17-6-5-7-20(12-17)25(32)30-10-4-3-8-22(30)21-13-23-27-24(18(2)15-31(23)28-21)29-11-9-19(14-26)16-29/h5-7,12-13,15,19,22H,3-4,8-11,16H2,1-2H3/t19?,22-/m0/s1. The lowest BCUT2D eigenvalue weighted by Crippen LogP contribution is -2.38. The Labute approximate surface area is 188 Å². The monoisotopic (exact) mass is 428 g/mol. The summed E-state index contributed by atoms with van der Waals surface area (Å²) in [5.74, 6) is 1.06. The van der Waals surface area contributed by atoms with E-state index in [0.717, 1.165) is 79.2 Å². The highest BCUT2D eigenvalue weighted by atomic mass is 16.2. The minimum absolute atomic E-state index is 0.0445. The van der Waals surface area contributed by atoms with Crippen molar-refractivity contribution in [2.45, 2.75) is 45.6 Å². The van der Waals surface area contributed by atoms with E-state index < -0.39 is 0 Å². The number of rotatable bonds is 3. The molecule has 2 aliphatic heterocycles. The summed E-state index contributed by atoms with van der Waals surface area (Å²) in [4.78, 5) is 22.4. The van der Waals surface area contributed by atoms with Crippen LogP contribution in [0.3, 0.4) is 0 Å². The molecule has 4 heterocycles. The summed E-state index contributed by atoms with van der Waals surface area (Å²) < 4.78 is 1.83. The van der Waals surface area contributed by atoms with E-state index in [2.05, 4.69) is 11.0 Å². The summed E-state index contributed by atoms with van der Waals surface area (Å²) in [6, 6.07) is 12.2. The predicted octanol–water partition coefficient (Wildman–Crippen LogP) is 4.06. The molecule has 7 nitrogen and oxygen atoms in total. The van der Waals surface area contributed by atoms with Crippen LogP contribution in [0.5, 0.6) is 0 Å². The Balaban J connectivity index is 1.46. The highest BCUT2D eigenvalue weighted by Gasteiger charge is 2.31. The second-order valence-electron chi connectivity index (χ2n) is 9.06. The Kier molecular flexibility index (Phi) is 5.30. The van der Waals surface area contributed by atoms with E-state index in [4.69, 9.17) is 10.1 Å². The number of hydrogen-bond acceptors (Lipinski definition) is 5. The third-order valence-electron chi connectivity index (χ3n) is 6.66. The number of fused-ring (bicyclic) bond motifs is 1. The van der Waals surface area contributed by atoms with Gasteiger partial charge in [-0.1, -0.05) is 17.7 Å². The van der Waals surface area contributed by atoms with E-state index >= 15 is 0 Å². The van der Waals surface area contributed by atoms with Crippen LogP contribution in [-0.4, -0.2) is 45.0 Å². The number of nitrogens with zero attached hydrogens (tertiary/aromatic N) is 6. The van der Waals surface area contributed by atoms with Gasteiger partial charge in [-0.3, -0.25) is 4.79 Å². The fourth-order valence-electron chi connectivity index (χ4n) is 4.99. The van der Waals surface area contributed by atoms with Crippen LogP contribution >= 0.6 is 0 Å². The number of hydrogen-bond donors (Lipinski definition) is 0. The van der Waals surface area contributed by atoms with E-state index in [1.165, 1.54) is 0 Å². The summed E-state index contributed by atoms with van der Waals surface area (Å²) in [6.45, 7) is 6.37. The quantitative estimate of drug-likeness (QED) is 0.629. The lowest BCUT2D eigenvalue weighted by Gasteiger charge is -2.34. The molecule has 2 saturated heterocycles. The molecule has 2 atom stereocenters. The van der Waals surface area contributed by atoms with Gasteiger partial charge in [0.25, 0.3) is 5.91 Å². The van der Waals surface area contributed by atoms with Gasteiger partial charge in [-0.05, 0) is 51.7 Å². The fourth-order valence-corrected chi connectivity index (χ4v) is 4.99. The van der Waals surface area contributed by atoms with Crippen molar-refractivity contribution in [3.05, 3.63) is 58.9 Å². The van der Waals surface area contributed by atoms with Crippen LogP contribution in [0.25, 0.3) is 5.65 Å². The number of aryl methyl sites for hydroxylation is 2. The first-order chi connectivity index (χ1) is 15.5. The number of carbonyl (C=O) groups is 1. The van der Waals surface area contributed by atoms with Gasteiger partial charge in [0.2, 0.25) is 0 Å². The van der Waals surface area contributed by atoms with Gasteiger partial charge >= 0.3 is 0 Å². The number of amides is 1. The van der Waals surface area contributed by atoms with Crippen molar-refractivity contribution in [1.29, 1.82) is 5.26 Å². The van der Waals surface area contributed by atoms with Gasteiger partial charge < -0.3 is 9.80 Å². The smallest absolute Gasteiger partial charge is 0.254 e. The SMILES string of the molecule is Cc1cccc(C(=O)N2CCCC[C@H]2c2cc3nc(N4CCC(C#N)C4)c(C)cn3n2)c1. The molecule has 2 aromatic heterocycles. The molecule has 2 fully saturated rings. The number of piperidine rings is 1. The van der Waals surface area contributed by atoms with Crippen LogP contribution in [0.15, 0.2) is 36.5 Å². The maximum absolute atomic E-state index is 13.3. The van der Waals surface area contributed by atoms with Gasteiger partial charge in [0.1, 0.15) is 5.82 Å². The zero-order chi connectivity index (χ0) is 22.2. The number of carbonyl (C=O) groups excluding carboxylic acids is 1. The van der Waals surface area contributed by atoms with Crippen molar-refractivity contribution in [2.75, 3.05) is 24.5 Å². The lowest BCUT2D eigenvalue weighted by atomic mass is 9.98. The zero-order valence-corrected chi connectivity index (χ0v) is 18.7. The van der Waals surface area contributed by atoms with Gasteiger partial charge in [-0.2, -0.15) is 10.4 Å². The Morgan fingerprint density at radius 1 is 1.16 bits per heavy atom. The number of likely N-dealkylation sites (tertiary alicyclic amines) is 1. The molecule has 0 radical (unpaired) electrons. The lowest BCUT2D eigenvalue weighted by molar-refractivity contribution is 0.0605. The molecule has 3 aromatic rings. The largest absolute Gasteiger partial charge is 0.355 e. The van der Waals surface area contributed by atoms with Crippen LogP contribution in [0.2, 0.25) is 0 Å². The van der Waals surface area contributed by atoms with Gasteiger partial charge in [0.15, 0.2) is 5.65 Å². The molecule has 0 N–H and O–H groups in total. The highest BCUT2D eigenvalue weighted by molar-refractivity contribution is 5.94. The molecule has 0 aliphatic carbocycles. The maximum atomic E-state index is 13.3. The average molecular weight is 429 g/mol. The van der Waals surface area contributed by atoms with Crippen molar-refractivity contribution in [1.82, 2.24) is 19.5 Å². The zero-order valence-electron chi connectivity index (χ0n) is 18.7. The first-order valence-corrected chi connectivity index (χ1v) is 11.4. The maximum Gasteiger partial charge on any atom is 0.254 e. The number of aromatic nitrogens is 3. The first kappa shape index (κ1) is 20.5. The van der Waals surface area contributed by atoms with Crippen LogP contribution < -0.4 is 4.90 Å². The fraction of sp³-hybridized carbons (Fsp3) is 0.440. The molecular weight excluding hydrogens is 400 g/mol. The van der Waals surface area contributed by atoms with Crippen LogP contribution in [0, 0.1) is 31.1 Å². The molecule has 1 unspecified atom stereocenters. The molecule has 32 heavy (non-hydrogen) atoms. The topological polar surface area (TPSA) is 77.5 Å². The summed E-state index contributed by atoms with van der Waals surface area (Å²) in [7, 11) is 0. The van der Waals surface area contributed by atoms with Gasteiger partial charge in [0.05, 0.1) is 23.7 Å². The van der Waals surface area contributed by atoms with Crippen molar-refractivity contribution >= 4 is 17.4 Å². The van der Waals surface area contributed by atoms with E-state index in [-0.39, 0.29) is 17.9 Å². The number of benzene rings is 1. The minimum atomic E-state index is -0.0445. The molecule has 1 amide bonds. The minimum Gasteiger partial charge on any atom is -0.355 e. The van der Waals surface area contributed by atoms with Crippen molar-refractivity contribution in [3.63, 3.8) is 0 Å². The summed E-state index contributed by atoms with van der Waals surface area (Å²) in [6.07, 6.45) is 5.89. The normalized spacial score (nSPS) is 21.2. The van der Waals surface area contributed by atoms with Gasteiger partial charge in [-0.25, -0.2) is 9.50 Å². The second kappa shape index (κ2) is 8.27. The number of nitriles is 1. The highest BCUT2D eigenvalue weighted by Crippen LogP contribution is 2.33. The molecule has 164 valence electrons. The second-order valence-corrected chi connectivity index (χ2v) is 9.06. The van der Waals surface area contributed by atoms with Crippen molar-refractivity contribution < 1.29 is 4.79 Å². The van der Waals surface area contributed by atoms with E-state index in [1.807, 2.05) is 59.8 Å². The third-order valence-corrected chi connectivity index (χ3v) is 6.66. The molecular formula is C25H28N6O. The molecule has 0 saturated carbocycles. The summed E-state index contributed by atoms with van der Waals surface area (Å²) in [5, 5.41) is 14.1. The third kappa shape index (κ3) is 3.70. The first-order valence-electron chi connectivity index (χ1n) is 11.4. The predicted molar refractivity (Wildman–Crippen MR) is 122 cm³/mol. The molecule has 0 spiro atoms.